The molecular weight excluding hydrogens is 170 g/mol. The summed E-state index contributed by atoms with van der Waals surface area (Å²) in [6, 6.07) is 3.13. The molecule has 0 bridgehead atoms. The number of pyridine rings is 1. The third-order valence-corrected chi connectivity index (χ3v) is 1.80. The number of carboxylic acid groups (broad SMARTS) is 1. The van der Waals surface area contributed by atoms with Crippen LogP contribution in [0.3, 0.4) is 0 Å². The first-order valence-corrected chi connectivity index (χ1v) is 3.76. The van der Waals surface area contributed by atoms with Gasteiger partial charge in [-0.05, 0) is 19.1 Å². The minimum Gasteiger partial charge on any atom is -0.478 e. The molecule has 0 atom stereocenters. The Kier molecular flexibility index (Phi) is 1.55. The predicted molar refractivity (Wildman–Crippen MR) is 45.7 cm³/mol. The van der Waals surface area contributed by atoms with Gasteiger partial charge in [0.1, 0.15) is 0 Å². The second kappa shape index (κ2) is 2.58. The fourth-order valence-corrected chi connectivity index (χ4v) is 1.25. The lowest BCUT2D eigenvalue weighted by atomic mass is 10.1. The first-order valence-electron chi connectivity index (χ1n) is 3.76. The number of carboxylic acids is 1. The van der Waals surface area contributed by atoms with E-state index in [4.69, 9.17) is 9.52 Å². The second-order valence-electron chi connectivity index (χ2n) is 2.76. The van der Waals surface area contributed by atoms with Gasteiger partial charge in [0.2, 0.25) is 5.71 Å². The summed E-state index contributed by atoms with van der Waals surface area (Å²) in [4.78, 5) is 14.8. The van der Waals surface area contributed by atoms with Gasteiger partial charge in [-0.15, -0.1) is 0 Å². The minimum absolute atomic E-state index is 0.233. The van der Waals surface area contributed by atoms with Crippen molar-refractivity contribution in [3.05, 3.63) is 29.7 Å². The summed E-state index contributed by atoms with van der Waals surface area (Å²) in [6.07, 6.45) is 1.43. The molecular formula is C9H7NO3. The molecule has 0 aliphatic heterocycles. The molecule has 2 aromatic heterocycles. The van der Waals surface area contributed by atoms with Gasteiger partial charge < -0.3 is 9.52 Å². The van der Waals surface area contributed by atoms with Crippen LogP contribution in [0.2, 0.25) is 0 Å². The molecule has 0 radical (unpaired) electrons. The number of nitrogens with zero attached hydrogens (tertiary/aromatic N) is 1. The van der Waals surface area contributed by atoms with Gasteiger partial charge in [-0.2, -0.15) is 0 Å². The van der Waals surface area contributed by atoms with Crippen molar-refractivity contribution >= 4 is 17.1 Å². The summed E-state index contributed by atoms with van der Waals surface area (Å²) in [6.45, 7) is 1.73. The Morgan fingerprint density at radius 1 is 1.62 bits per heavy atom. The summed E-state index contributed by atoms with van der Waals surface area (Å²) in [5, 5.41) is 9.40. The SMILES string of the molecule is Cc1cc(C(=O)O)c2ccoc2n1. The minimum atomic E-state index is -0.961. The molecule has 0 saturated heterocycles. The Balaban J connectivity index is 2.84. The summed E-state index contributed by atoms with van der Waals surface area (Å²) < 4.78 is 5.02. The number of rotatable bonds is 1. The fourth-order valence-electron chi connectivity index (χ4n) is 1.25. The van der Waals surface area contributed by atoms with E-state index >= 15 is 0 Å². The Bertz CT molecular complexity index is 473. The zero-order valence-corrected chi connectivity index (χ0v) is 6.94. The van der Waals surface area contributed by atoms with Crippen LogP contribution in [-0.4, -0.2) is 16.1 Å². The van der Waals surface area contributed by atoms with Gasteiger partial charge in [-0.3, -0.25) is 0 Å². The monoisotopic (exact) mass is 177 g/mol. The molecule has 0 aliphatic carbocycles. The molecule has 4 heteroatoms. The molecule has 0 amide bonds. The normalized spacial score (nSPS) is 10.5. The highest BCUT2D eigenvalue weighted by molar-refractivity contribution is 6.01. The number of hydrogen-bond donors (Lipinski definition) is 1. The van der Waals surface area contributed by atoms with Crippen LogP contribution in [0.5, 0.6) is 0 Å². The fraction of sp³-hybridized carbons (Fsp3) is 0.111. The quantitative estimate of drug-likeness (QED) is 0.721. The zero-order valence-electron chi connectivity index (χ0n) is 6.94. The molecule has 0 fully saturated rings. The molecule has 0 aliphatic rings. The maximum absolute atomic E-state index is 10.8. The number of hydrogen-bond acceptors (Lipinski definition) is 3. The highest BCUT2D eigenvalue weighted by Gasteiger charge is 2.11. The molecule has 1 N–H and O–H groups in total. The van der Waals surface area contributed by atoms with Crippen LogP contribution in [0, 0.1) is 6.92 Å². The largest absolute Gasteiger partial charge is 0.478 e. The summed E-state index contributed by atoms with van der Waals surface area (Å²) >= 11 is 0. The van der Waals surface area contributed by atoms with Crippen molar-refractivity contribution in [2.24, 2.45) is 0 Å². The number of furan rings is 1. The van der Waals surface area contributed by atoms with Crippen molar-refractivity contribution in [2.45, 2.75) is 6.92 Å². The van der Waals surface area contributed by atoms with Crippen LogP contribution >= 0.6 is 0 Å². The third-order valence-electron chi connectivity index (χ3n) is 1.80. The number of aromatic nitrogens is 1. The van der Waals surface area contributed by atoms with E-state index in [1.54, 1.807) is 13.0 Å². The lowest BCUT2D eigenvalue weighted by Crippen LogP contribution is -1.98. The topological polar surface area (TPSA) is 63.3 Å². The molecule has 2 heterocycles. The number of aromatic carboxylic acids is 1. The average molecular weight is 177 g/mol. The number of aryl methyl sites for hydroxylation is 1. The van der Waals surface area contributed by atoms with Crippen LogP contribution in [-0.2, 0) is 0 Å². The Labute approximate surface area is 73.8 Å². The zero-order chi connectivity index (χ0) is 9.42. The first kappa shape index (κ1) is 7.79. The molecule has 0 spiro atoms. The van der Waals surface area contributed by atoms with Crippen molar-refractivity contribution in [3.63, 3.8) is 0 Å². The van der Waals surface area contributed by atoms with Crippen LogP contribution in [0.25, 0.3) is 11.1 Å². The average Bonchev–Trinajstić information content (AvgIpc) is 2.49. The Morgan fingerprint density at radius 3 is 3.08 bits per heavy atom. The van der Waals surface area contributed by atoms with E-state index < -0.39 is 5.97 Å². The summed E-state index contributed by atoms with van der Waals surface area (Å²) in [5.41, 5.74) is 1.24. The van der Waals surface area contributed by atoms with Gasteiger partial charge >= 0.3 is 5.97 Å². The molecule has 0 unspecified atom stereocenters. The van der Waals surface area contributed by atoms with Crippen LogP contribution in [0.15, 0.2) is 22.8 Å². The molecule has 4 nitrogen and oxygen atoms in total. The number of fused-ring (bicyclic) bond motifs is 1. The van der Waals surface area contributed by atoms with Gasteiger partial charge in [-0.1, -0.05) is 0 Å². The lowest BCUT2D eigenvalue weighted by Gasteiger charge is -1.97. The van der Waals surface area contributed by atoms with Crippen molar-refractivity contribution in [2.75, 3.05) is 0 Å². The van der Waals surface area contributed by atoms with Gasteiger partial charge in [0.25, 0.3) is 0 Å². The molecule has 2 aromatic rings. The van der Waals surface area contributed by atoms with Gasteiger partial charge in [0, 0.05) is 5.69 Å². The van der Waals surface area contributed by atoms with Crippen molar-refractivity contribution in [1.29, 1.82) is 0 Å². The van der Waals surface area contributed by atoms with E-state index in [2.05, 4.69) is 4.98 Å². The maximum Gasteiger partial charge on any atom is 0.336 e. The lowest BCUT2D eigenvalue weighted by molar-refractivity contribution is 0.0699. The molecule has 0 saturated carbocycles. The first-order chi connectivity index (χ1) is 6.18. The second-order valence-corrected chi connectivity index (χ2v) is 2.76. The Morgan fingerprint density at radius 2 is 2.38 bits per heavy atom. The molecule has 13 heavy (non-hydrogen) atoms. The van der Waals surface area contributed by atoms with Crippen LogP contribution < -0.4 is 0 Å². The smallest absolute Gasteiger partial charge is 0.336 e. The molecule has 66 valence electrons. The summed E-state index contributed by atoms with van der Waals surface area (Å²) in [7, 11) is 0. The molecule has 2 rings (SSSR count). The van der Waals surface area contributed by atoms with Crippen LogP contribution in [0.1, 0.15) is 16.1 Å². The van der Waals surface area contributed by atoms with Crippen LogP contribution in [0.4, 0.5) is 0 Å². The molecule has 0 aromatic carbocycles. The van der Waals surface area contributed by atoms with E-state index in [0.29, 0.717) is 16.8 Å². The van der Waals surface area contributed by atoms with Crippen molar-refractivity contribution < 1.29 is 14.3 Å². The standard InChI is InChI=1S/C9H7NO3/c1-5-4-7(9(11)12)6-2-3-13-8(6)10-5/h2-4H,1H3,(H,11,12). The van der Waals surface area contributed by atoms with Crippen molar-refractivity contribution in [3.8, 4) is 0 Å². The van der Waals surface area contributed by atoms with E-state index in [9.17, 15) is 4.79 Å². The number of carbonyl (C=O) groups is 1. The summed E-state index contributed by atoms with van der Waals surface area (Å²) in [5.74, 6) is -0.961. The van der Waals surface area contributed by atoms with Crippen molar-refractivity contribution in [1.82, 2.24) is 4.98 Å². The van der Waals surface area contributed by atoms with E-state index in [0.717, 1.165) is 0 Å². The Hall–Kier alpha value is -1.84. The van der Waals surface area contributed by atoms with E-state index in [1.807, 2.05) is 0 Å². The van der Waals surface area contributed by atoms with Gasteiger partial charge in [-0.25, -0.2) is 9.78 Å². The highest BCUT2D eigenvalue weighted by Crippen LogP contribution is 2.18. The van der Waals surface area contributed by atoms with Gasteiger partial charge in [0.05, 0.1) is 17.2 Å². The van der Waals surface area contributed by atoms with E-state index in [-0.39, 0.29) is 5.56 Å². The predicted octanol–water partition coefficient (Wildman–Crippen LogP) is 1.83. The third kappa shape index (κ3) is 1.16. The van der Waals surface area contributed by atoms with Gasteiger partial charge in [0.15, 0.2) is 0 Å². The maximum atomic E-state index is 10.8. The highest BCUT2D eigenvalue weighted by atomic mass is 16.4. The van der Waals surface area contributed by atoms with E-state index in [1.165, 1.54) is 12.3 Å².